The highest BCUT2D eigenvalue weighted by atomic mass is 35.5. The molecule has 88 valence electrons. The number of halogens is 1. The van der Waals surface area contributed by atoms with Crippen LogP contribution >= 0.6 is 11.6 Å². The minimum absolute atomic E-state index is 0.381. The van der Waals surface area contributed by atoms with E-state index in [9.17, 15) is 0 Å². The van der Waals surface area contributed by atoms with Crippen molar-refractivity contribution in [3.8, 4) is 0 Å². The molecule has 0 aliphatic heterocycles. The maximum atomic E-state index is 6.17. The van der Waals surface area contributed by atoms with Gasteiger partial charge in [0, 0.05) is 17.6 Å². The Balaban J connectivity index is 1.82. The second-order valence-corrected chi connectivity index (χ2v) is 5.29. The van der Waals surface area contributed by atoms with Crippen molar-refractivity contribution in [2.24, 2.45) is 5.92 Å². The van der Waals surface area contributed by atoms with Gasteiger partial charge in [0.1, 0.15) is 5.82 Å². The van der Waals surface area contributed by atoms with E-state index in [2.05, 4.69) is 10.3 Å². The molecule has 0 saturated heterocycles. The Kier molecular flexibility index (Phi) is 4.05. The van der Waals surface area contributed by atoms with Crippen LogP contribution < -0.4 is 5.32 Å². The van der Waals surface area contributed by atoms with Crippen LogP contribution in [0.4, 0.5) is 5.82 Å². The zero-order valence-electron chi connectivity index (χ0n) is 9.75. The van der Waals surface area contributed by atoms with Crippen LogP contribution in [0.15, 0.2) is 18.2 Å². The van der Waals surface area contributed by atoms with Gasteiger partial charge in [-0.3, -0.25) is 0 Å². The third-order valence-corrected chi connectivity index (χ3v) is 3.58. The Morgan fingerprint density at radius 3 is 3.06 bits per heavy atom. The van der Waals surface area contributed by atoms with Gasteiger partial charge in [0.15, 0.2) is 0 Å². The molecule has 1 saturated carbocycles. The van der Waals surface area contributed by atoms with Crippen LogP contribution in [0.2, 0.25) is 0 Å². The van der Waals surface area contributed by atoms with E-state index in [1.807, 2.05) is 25.1 Å². The number of hydrogen-bond acceptors (Lipinski definition) is 2. The largest absolute Gasteiger partial charge is 0.370 e. The van der Waals surface area contributed by atoms with Gasteiger partial charge < -0.3 is 5.32 Å². The molecule has 16 heavy (non-hydrogen) atoms. The molecule has 1 fully saturated rings. The fraction of sp³-hybridized carbons (Fsp3) is 0.615. The number of aryl methyl sites for hydroxylation is 1. The number of rotatable bonds is 3. The highest BCUT2D eigenvalue weighted by molar-refractivity contribution is 6.20. The predicted molar refractivity (Wildman–Crippen MR) is 69.1 cm³/mol. The first kappa shape index (κ1) is 11.7. The summed E-state index contributed by atoms with van der Waals surface area (Å²) in [7, 11) is 0. The molecule has 0 spiro atoms. The van der Waals surface area contributed by atoms with Crippen molar-refractivity contribution in [2.75, 3.05) is 11.9 Å². The quantitative estimate of drug-likeness (QED) is 0.814. The molecule has 1 N–H and O–H groups in total. The summed E-state index contributed by atoms with van der Waals surface area (Å²) >= 11 is 6.17. The van der Waals surface area contributed by atoms with Gasteiger partial charge in [-0.05, 0) is 44.2 Å². The second kappa shape index (κ2) is 5.53. The van der Waals surface area contributed by atoms with E-state index in [1.165, 1.54) is 19.3 Å². The molecule has 1 aromatic heterocycles. The highest BCUT2D eigenvalue weighted by Gasteiger charge is 2.19. The molecule has 3 heteroatoms. The van der Waals surface area contributed by atoms with Crippen LogP contribution in [0.3, 0.4) is 0 Å². The third-order valence-electron chi connectivity index (χ3n) is 3.18. The molecule has 1 heterocycles. The van der Waals surface area contributed by atoms with Crippen molar-refractivity contribution in [1.29, 1.82) is 0 Å². The summed E-state index contributed by atoms with van der Waals surface area (Å²) < 4.78 is 0. The first-order valence-electron chi connectivity index (χ1n) is 6.05. The predicted octanol–water partition coefficient (Wildman–Crippen LogP) is 3.60. The number of pyridine rings is 1. The number of nitrogens with zero attached hydrogens (tertiary/aromatic N) is 1. The van der Waals surface area contributed by atoms with E-state index in [0.29, 0.717) is 11.3 Å². The summed E-state index contributed by atoms with van der Waals surface area (Å²) in [5.41, 5.74) is 1.06. The fourth-order valence-corrected chi connectivity index (χ4v) is 2.71. The molecule has 1 aromatic rings. The first-order valence-corrected chi connectivity index (χ1v) is 6.49. The average Bonchev–Trinajstić information content (AvgIpc) is 2.27. The van der Waals surface area contributed by atoms with E-state index >= 15 is 0 Å². The Labute approximate surface area is 102 Å². The van der Waals surface area contributed by atoms with Crippen molar-refractivity contribution in [3.05, 3.63) is 23.9 Å². The summed E-state index contributed by atoms with van der Waals surface area (Å²) in [5, 5.41) is 3.79. The summed E-state index contributed by atoms with van der Waals surface area (Å²) in [5.74, 6) is 1.69. The molecular formula is C13H19ClN2. The van der Waals surface area contributed by atoms with Crippen LogP contribution in [0, 0.1) is 12.8 Å². The lowest BCUT2D eigenvalue weighted by molar-refractivity contribution is 0.378. The third kappa shape index (κ3) is 3.38. The smallest absolute Gasteiger partial charge is 0.126 e. The number of nitrogens with one attached hydrogen (secondary N) is 1. The maximum Gasteiger partial charge on any atom is 0.126 e. The van der Waals surface area contributed by atoms with E-state index < -0.39 is 0 Å². The van der Waals surface area contributed by atoms with Crippen molar-refractivity contribution >= 4 is 17.4 Å². The van der Waals surface area contributed by atoms with Gasteiger partial charge in [0.05, 0.1) is 0 Å². The summed E-state index contributed by atoms with van der Waals surface area (Å²) in [6, 6.07) is 6.07. The van der Waals surface area contributed by atoms with Gasteiger partial charge in [0.25, 0.3) is 0 Å². The van der Waals surface area contributed by atoms with Crippen LogP contribution in [0.1, 0.15) is 31.4 Å². The minimum Gasteiger partial charge on any atom is -0.370 e. The minimum atomic E-state index is 0.381. The monoisotopic (exact) mass is 238 g/mol. The van der Waals surface area contributed by atoms with E-state index in [0.717, 1.165) is 24.5 Å². The van der Waals surface area contributed by atoms with Crippen molar-refractivity contribution in [3.63, 3.8) is 0 Å². The van der Waals surface area contributed by atoms with E-state index in [4.69, 9.17) is 11.6 Å². The zero-order chi connectivity index (χ0) is 11.4. The van der Waals surface area contributed by atoms with Crippen LogP contribution in [0.5, 0.6) is 0 Å². The molecule has 0 aromatic carbocycles. The summed E-state index contributed by atoms with van der Waals surface area (Å²) in [6.07, 6.45) is 4.88. The number of aromatic nitrogens is 1. The lowest BCUT2D eigenvalue weighted by atomic mass is 9.89. The lowest BCUT2D eigenvalue weighted by Gasteiger charge is -2.25. The maximum absolute atomic E-state index is 6.17. The molecule has 2 rings (SSSR count). The highest BCUT2D eigenvalue weighted by Crippen LogP contribution is 2.27. The van der Waals surface area contributed by atoms with Gasteiger partial charge in [0.2, 0.25) is 0 Å². The molecule has 0 amide bonds. The van der Waals surface area contributed by atoms with Gasteiger partial charge in [-0.1, -0.05) is 12.5 Å². The average molecular weight is 239 g/mol. The normalized spacial score (nSPS) is 25.4. The van der Waals surface area contributed by atoms with Gasteiger partial charge >= 0.3 is 0 Å². The molecule has 1 aliphatic carbocycles. The molecule has 0 radical (unpaired) electrons. The van der Waals surface area contributed by atoms with Crippen molar-refractivity contribution in [2.45, 2.75) is 38.0 Å². The number of hydrogen-bond donors (Lipinski definition) is 1. The molecular weight excluding hydrogens is 220 g/mol. The zero-order valence-corrected chi connectivity index (χ0v) is 10.5. The Morgan fingerprint density at radius 1 is 1.44 bits per heavy atom. The second-order valence-electron chi connectivity index (χ2n) is 4.68. The molecule has 2 unspecified atom stereocenters. The van der Waals surface area contributed by atoms with E-state index in [1.54, 1.807) is 0 Å². The van der Waals surface area contributed by atoms with Gasteiger partial charge in [-0.2, -0.15) is 0 Å². The van der Waals surface area contributed by atoms with Gasteiger partial charge in [-0.15, -0.1) is 11.6 Å². The van der Waals surface area contributed by atoms with Crippen molar-refractivity contribution in [1.82, 2.24) is 4.98 Å². The SMILES string of the molecule is Cc1cccc(NCC2CCCC(Cl)C2)n1. The summed E-state index contributed by atoms with van der Waals surface area (Å²) in [6.45, 7) is 3.01. The molecule has 1 aliphatic rings. The van der Waals surface area contributed by atoms with Crippen molar-refractivity contribution < 1.29 is 0 Å². The molecule has 0 bridgehead atoms. The summed E-state index contributed by atoms with van der Waals surface area (Å²) in [4.78, 5) is 4.43. The standard InChI is InChI=1S/C13H19ClN2/c1-10-4-2-7-13(16-10)15-9-11-5-3-6-12(14)8-11/h2,4,7,11-12H,3,5-6,8-9H2,1H3,(H,15,16). The van der Waals surface area contributed by atoms with E-state index in [-0.39, 0.29) is 0 Å². The topological polar surface area (TPSA) is 24.9 Å². The Morgan fingerprint density at radius 2 is 2.31 bits per heavy atom. The number of alkyl halides is 1. The molecule has 2 nitrogen and oxygen atoms in total. The van der Waals surface area contributed by atoms with Gasteiger partial charge in [-0.25, -0.2) is 4.98 Å². The lowest BCUT2D eigenvalue weighted by Crippen LogP contribution is -2.22. The Bertz CT molecular complexity index is 340. The van der Waals surface area contributed by atoms with Crippen LogP contribution in [0.25, 0.3) is 0 Å². The number of anilines is 1. The fourth-order valence-electron chi connectivity index (χ4n) is 2.30. The first-order chi connectivity index (χ1) is 7.74. The van der Waals surface area contributed by atoms with Crippen LogP contribution in [-0.2, 0) is 0 Å². The Hall–Kier alpha value is -0.760. The molecule has 2 atom stereocenters. The van der Waals surface area contributed by atoms with Crippen LogP contribution in [-0.4, -0.2) is 16.9 Å².